The maximum absolute atomic E-state index is 6.76. The second-order valence-corrected chi connectivity index (χ2v) is 15.3. The van der Waals surface area contributed by atoms with Gasteiger partial charge >= 0.3 is 0 Å². The van der Waals surface area contributed by atoms with Crippen molar-refractivity contribution in [3.05, 3.63) is 94.7 Å². The van der Waals surface area contributed by atoms with Crippen molar-refractivity contribution in [2.24, 2.45) is 0 Å². The van der Waals surface area contributed by atoms with Gasteiger partial charge in [0.25, 0.3) is 0 Å². The van der Waals surface area contributed by atoms with Crippen molar-refractivity contribution in [2.75, 3.05) is 0 Å². The van der Waals surface area contributed by atoms with Crippen LogP contribution in [-0.2, 0) is 6.42 Å². The average Bonchev–Trinajstić information content (AvgIpc) is 3.83. The van der Waals surface area contributed by atoms with E-state index in [1.807, 2.05) is 34.0 Å². The molecule has 0 atom stereocenters. The minimum Gasteiger partial charge on any atom is -0.455 e. The quantitative estimate of drug-likeness (QED) is 0.147. The molecule has 8 rings (SSSR count). The Morgan fingerprint density at radius 1 is 0.605 bits per heavy atom. The van der Waals surface area contributed by atoms with E-state index >= 15 is 0 Å². The van der Waals surface area contributed by atoms with Crippen molar-refractivity contribution >= 4 is 86.9 Å². The van der Waals surface area contributed by atoms with E-state index < -0.39 is 0 Å². The molecule has 4 heteroatoms. The number of unbranched alkanes of at least 4 members (excludes halogenated alkanes) is 5. The van der Waals surface area contributed by atoms with Crippen LogP contribution in [-0.4, -0.2) is 0 Å². The Hall–Kier alpha value is -3.44. The van der Waals surface area contributed by atoms with Gasteiger partial charge in [-0.3, -0.25) is 0 Å². The highest BCUT2D eigenvalue weighted by atomic mass is 32.1. The molecule has 1 nitrogen and oxygen atoms in total. The minimum atomic E-state index is 0.954. The Labute approximate surface area is 264 Å². The van der Waals surface area contributed by atoms with Crippen molar-refractivity contribution in [1.29, 1.82) is 0 Å². The van der Waals surface area contributed by atoms with Gasteiger partial charge in [0, 0.05) is 72.4 Å². The number of thiophene rings is 3. The lowest BCUT2D eigenvalue weighted by Gasteiger charge is -2.10. The molecule has 0 unspecified atom stereocenters. The summed E-state index contributed by atoms with van der Waals surface area (Å²) in [5, 5.41) is 7.65. The first-order valence-corrected chi connectivity index (χ1v) is 18.0. The van der Waals surface area contributed by atoms with E-state index in [1.165, 1.54) is 117 Å². The third-order valence-corrected chi connectivity index (χ3v) is 12.2. The molecule has 0 saturated carbocycles. The summed E-state index contributed by atoms with van der Waals surface area (Å²) in [7, 11) is 0. The molecule has 0 N–H and O–H groups in total. The van der Waals surface area contributed by atoms with E-state index in [9.17, 15) is 0 Å². The van der Waals surface area contributed by atoms with Crippen LogP contribution in [0, 0.1) is 6.92 Å². The number of benzene rings is 4. The number of rotatable bonds is 9. The fraction of sp³-hybridized carbons (Fsp3) is 0.231. The molecule has 0 aliphatic heterocycles. The zero-order valence-corrected chi connectivity index (χ0v) is 27.1. The van der Waals surface area contributed by atoms with E-state index in [0.29, 0.717) is 0 Å². The molecule has 43 heavy (non-hydrogen) atoms. The van der Waals surface area contributed by atoms with Gasteiger partial charge in [-0.15, -0.1) is 34.0 Å². The highest BCUT2D eigenvalue weighted by Crippen LogP contribution is 2.50. The van der Waals surface area contributed by atoms with Crippen LogP contribution >= 0.6 is 34.0 Å². The summed E-state index contributed by atoms with van der Waals surface area (Å²) in [6.45, 7) is 4.48. The summed E-state index contributed by atoms with van der Waals surface area (Å²) in [6.07, 6.45) is 9.19. The summed E-state index contributed by atoms with van der Waals surface area (Å²) in [4.78, 5) is 5.48. The second kappa shape index (κ2) is 11.2. The monoisotopic (exact) mass is 614 g/mol. The van der Waals surface area contributed by atoms with Gasteiger partial charge in [-0.25, -0.2) is 0 Å². The standard InChI is InChI=1S/C39H34OS3/c1-3-4-5-6-7-8-13-25-19-21-35(42-25)31-22-28-29(39-37(31)27-15-10-12-17-33(27)43-39)23-30(34-20-18-24(2)41-34)36-26-14-9-11-16-32(26)40-38(28)36/h9-12,14-23H,3-8,13H2,1-2H3. The molecule has 0 fully saturated rings. The van der Waals surface area contributed by atoms with Gasteiger partial charge < -0.3 is 4.42 Å². The van der Waals surface area contributed by atoms with Crippen molar-refractivity contribution in [3.63, 3.8) is 0 Å². The number of aryl methyl sites for hydroxylation is 2. The van der Waals surface area contributed by atoms with Crippen LogP contribution in [0.2, 0.25) is 0 Å². The molecule has 4 aromatic heterocycles. The van der Waals surface area contributed by atoms with Gasteiger partial charge in [-0.2, -0.15) is 0 Å². The summed E-state index contributed by atoms with van der Waals surface area (Å²) in [6, 6.07) is 31.6. The molecule has 4 heterocycles. The van der Waals surface area contributed by atoms with Gasteiger partial charge in [0.1, 0.15) is 11.2 Å². The zero-order chi connectivity index (χ0) is 28.9. The van der Waals surface area contributed by atoms with Crippen LogP contribution in [0.25, 0.3) is 73.8 Å². The van der Waals surface area contributed by atoms with Crippen LogP contribution < -0.4 is 0 Å². The van der Waals surface area contributed by atoms with Crippen molar-refractivity contribution < 1.29 is 4.42 Å². The molecule has 4 aromatic carbocycles. The number of para-hydroxylation sites is 1. The normalized spacial score (nSPS) is 12.1. The minimum absolute atomic E-state index is 0.954. The fourth-order valence-electron chi connectivity index (χ4n) is 6.67. The molecule has 0 aliphatic carbocycles. The first-order chi connectivity index (χ1) is 21.2. The smallest absolute Gasteiger partial charge is 0.143 e. The van der Waals surface area contributed by atoms with Gasteiger partial charge in [0.15, 0.2) is 0 Å². The Morgan fingerprint density at radius 2 is 1.33 bits per heavy atom. The molecular formula is C39H34OS3. The molecule has 0 bridgehead atoms. The van der Waals surface area contributed by atoms with Crippen molar-refractivity contribution in [1.82, 2.24) is 0 Å². The Bertz CT molecular complexity index is 2250. The van der Waals surface area contributed by atoms with Gasteiger partial charge in [-0.1, -0.05) is 75.4 Å². The molecule has 0 aliphatic rings. The third kappa shape index (κ3) is 4.71. The van der Waals surface area contributed by atoms with Gasteiger partial charge in [0.05, 0.1) is 0 Å². The maximum atomic E-state index is 6.76. The van der Waals surface area contributed by atoms with Crippen molar-refractivity contribution in [2.45, 2.75) is 58.8 Å². The molecular weight excluding hydrogens is 581 g/mol. The fourth-order valence-corrected chi connectivity index (χ4v) is 9.88. The predicted octanol–water partition coefficient (Wildman–Crippen LogP) is 13.8. The Balaban J connectivity index is 1.36. The van der Waals surface area contributed by atoms with E-state index in [2.05, 4.69) is 98.8 Å². The highest BCUT2D eigenvalue weighted by Gasteiger charge is 2.22. The number of fused-ring (bicyclic) bond motifs is 9. The van der Waals surface area contributed by atoms with Crippen LogP contribution in [0.4, 0.5) is 0 Å². The van der Waals surface area contributed by atoms with Crippen molar-refractivity contribution in [3.8, 4) is 20.9 Å². The molecule has 0 spiro atoms. The first-order valence-electron chi connectivity index (χ1n) is 15.6. The van der Waals surface area contributed by atoms with Crippen LogP contribution in [0.1, 0.15) is 55.2 Å². The summed E-state index contributed by atoms with van der Waals surface area (Å²) < 4.78 is 9.46. The Morgan fingerprint density at radius 3 is 2.19 bits per heavy atom. The lowest BCUT2D eigenvalue weighted by molar-refractivity contribution is 0.609. The Kier molecular flexibility index (Phi) is 7.09. The van der Waals surface area contributed by atoms with E-state index in [-0.39, 0.29) is 0 Å². The second-order valence-electron chi connectivity index (χ2n) is 11.7. The zero-order valence-electron chi connectivity index (χ0n) is 24.7. The largest absolute Gasteiger partial charge is 0.455 e. The van der Waals surface area contributed by atoms with Crippen LogP contribution in [0.15, 0.2) is 89.3 Å². The number of hydrogen-bond acceptors (Lipinski definition) is 4. The topological polar surface area (TPSA) is 13.1 Å². The van der Waals surface area contributed by atoms with E-state index in [0.717, 1.165) is 11.2 Å². The first kappa shape index (κ1) is 27.1. The third-order valence-electron chi connectivity index (χ3n) is 8.80. The number of furan rings is 1. The van der Waals surface area contributed by atoms with Gasteiger partial charge in [-0.05, 0) is 68.3 Å². The SMILES string of the molecule is CCCCCCCCc1ccc(-c2cc3c(cc(-c4ccc(C)s4)c4c5ccccc5oc34)c3sc4ccccc4c23)s1. The van der Waals surface area contributed by atoms with Crippen LogP contribution in [0.3, 0.4) is 0 Å². The van der Waals surface area contributed by atoms with E-state index in [4.69, 9.17) is 4.42 Å². The molecule has 0 saturated heterocycles. The van der Waals surface area contributed by atoms with Crippen LogP contribution in [0.5, 0.6) is 0 Å². The molecule has 214 valence electrons. The summed E-state index contributed by atoms with van der Waals surface area (Å²) in [5.41, 5.74) is 4.56. The lowest BCUT2D eigenvalue weighted by atomic mass is 9.95. The number of hydrogen-bond donors (Lipinski definition) is 0. The average molecular weight is 615 g/mol. The molecule has 8 aromatic rings. The molecule has 0 radical (unpaired) electrons. The van der Waals surface area contributed by atoms with Gasteiger partial charge in [0.2, 0.25) is 0 Å². The predicted molar refractivity (Wildman–Crippen MR) is 193 cm³/mol. The summed E-state index contributed by atoms with van der Waals surface area (Å²) >= 11 is 5.76. The lowest BCUT2D eigenvalue weighted by Crippen LogP contribution is -1.84. The highest BCUT2D eigenvalue weighted by molar-refractivity contribution is 7.27. The summed E-state index contributed by atoms with van der Waals surface area (Å²) in [5.74, 6) is 0. The van der Waals surface area contributed by atoms with E-state index in [1.54, 1.807) is 0 Å². The maximum Gasteiger partial charge on any atom is 0.143 e. The molecule has 0 amide bonds.